The Bertz CT molecular complexity index is 463. The van der Waals surface area contributed by atoms with Gasteiger partial charge in [-0.1, -0.05) is 36.8 Å². The quantitative estimate of drug-likeness (QED) is 0.807. The number of piperidine rings is 1. The van der Waals surface area contributed by atoms with E-state index in [0.717, 1.165) is 6.54 Å². The van der Waals surface area contributed by atoms with Crippen molar-refractivity contribution in [3.8, 4) is 0 Å². The minimum Gasteiger partial charge on any atom is -0.472 e. The molecule has 3 rings (SSSR count). The van der Waals surface area contributed by atoms with E-state index in [1.165, 1.54) is 36.9 Å². The zero-order valence-electron chi connectivity index (χ0n) is 10.6. The van der Waals surface area contributed by atoms with Crippen molar-refractivity contribution < 1.29 is 4.42 Å². The first-order chi connectivity index (χ1) is 8.93. The number of nitrogens with zero attached hydrogens (tertiary/aromatic N) is 1. The lowest BCUT2D eigenvalue weighted by Crippen LogP contribution is -2.32. The number of furan rings is 1. The van der Waals surface area contributed by atoms with E-state index in [1.807, 2.05) is 6.26 Å². The van der Waals surface area contributed by atoms with Gasteiger partial charge in [0, 0.05) is 18.2 Å². The standard InChI is InChI=1S/C16H19NO/c1-2-6-14(7-3-1)12-17-10-5-4-8-16(17)15-9-11-18-13-15/h1-3,6-7,9,11,13,16H,4-5,8,10,12H2/t16-/m1/s1. The smallest absolute Gasteiger partial charge is 0.0950 e. The fraction of sp³-hybridized carbons (Fsp3) is 0.375. The molecule has 94 valence electrons. The van der Waals surface area contributed by atoms with E-state index in [2.05, 4.69) is 41.3 Å². The van der Waals surface area contributed by atoms with E-state index in [9.17, 15) is 0 Å². The Labute approximate surface area is 108 Å². The van der Waals surface area contributed by atoms with Crippen LogP contribution in [0.4, 0.5) is 0 Å². The third kappa shape index (κ3) is 2.49. The molecule has 0 aliphatic carbocycles. The van der Waals surface area contributed by atoms with Gasteiger partial charge in [-0.05, 0) is 31.0 Å². The lowest BCUT2D eigenvalue weighted by Gasteiger charge is -2.35. The summed E-state index contributed by atoms with van der Waals surface area (Å²) >= 11 is 0. The Hall–Kier alpha value is -1.54. The van der Waals surface area contributed by atoms with Gasteiger partial charge in [-0.15, -0.1) is 0 Å². The summed E-state index contributed by atoms with van der Waals surface area (Å²) in [6, 6.07) is 13.4. The molecule has 0 radical (unpaired) electrons. The van der Waals surface area contributed by atoms with Crippen LogP contribution in [-0.4, -0.2) is 11.4 Å². The van der Waals surface area contributed by atoms with Crippen molar-refractivity contribution in [2.45, 2.75) is 31.8 Å². The van der Waals surface area contributed by atoms with Crippen molar-refractivity contribution in [2.24, 2.45) is 0 Å². The minimum absolute atomic E-state index is 0.526. The van der Waals surface area contributed by atoms with Crippen molar-refractivity contribution in [3.05, 3.63) is 60.1 Å². The topological polar surface area (TPSA) is 16.4 Å². The van der Waals surface area contributed by atoms with Crippen molar-refractivity contribution in [1.29, 1.82) is 0 Å². The van der Waals surface area contributed by atoms with Crippen LogP contribution in [-0.2, 0) is 6.54 Å². The summed E-state index contributed by atoms with van der Waals surface area (Å²) in [4.78, 5) is 2.57. The fourth-order valence-corrected chi connectivity index (χ4v) is 2.84. The molecule has 1 fully saturated rings. The fourth-order valence-electron chi connectivity index (χ4n) is 2.84. The van der Waals surface area contributed by atoms with Crippen LogP contribution in [0.3, 0.4) is 0 Å². The van der Waals surface area contributed by atoms with Crippen LogP contribution in [0.5, 0.6) is 0 Å². The highest BCUT2D eigenvalue weighted by Crippen LogP contribution is 2.32. The molecule has 0 saturated carbocycles. The van der Waals surface area contributed by atoms with Crippen LogP contribution in [0, 0.1) is 0 Å². The Morgan fingerprint density at radius 2 is 2.00 bits per heavy atom. The van der Waals surface area contributed by atoms with Gasteiger partial charge in [0.15, 0.2) is 0 Å². The largest absolute Gasteiger partial charge is 0.472 e. The molecular formula is C16H19NO. The summed E-state index contributed by atoms with van der Waals surface area (Å²) < 4.78 is 5.24. The summed E-state index contributed by atoms with van der Waals surface area (Å²) in [6.07, 6.45) is 7.55. The van der Waals surface area contributed by atoms with Gasteiger partial charge in [0.1, 0.15) is 0 Å². The molecule has 1 aromatic carbocycles. The van der Waals surface area contributed by atoms with Gasteiger partial charge in [-0.3, -0.25) is 4.90 Å². The third-order valence-corrected chi connectivity index (χ3v) is 3.77. The molecule has 1 aliphatic rings. The maximum absolute atomic E-state index is 5.24. The number of hydrogen-bond acceptors (Lipinski definition) is 2. The van der Waals surface area contributed by atoms with E-state index in [-0.39, 0.29) is 0 Å². The van der Waals surface area contributed by atoms with Crippen LogP contribution in [0.2, 0.25) is 0 Å². The first kappa shape index (κ1) is 11.5. The second-order valence-electron chi connectivity index (χ2n) is 5.02. The Balaban J connectivity index is 1.76. The van der Waals surface area contributed by atoms with Gasteiger partial charge in [-0.2, -0.15) is 0 Å². The van der Waals surface area contributed by atoms with Crippen LogP contribution in [0.25, 0.3) is 0 Å². The molecule has 2 heteroatoms. The average molecular weight is 241 g/mol. The van der Waals surface area contributed by atoms with Gasteiger partial charge in [0.05, 0.1) is 12.5 Å². The predicted octanol–water partition coefficient (Wildman–Crippen LogP) is 4.01. The molecule has 0 unspecified atom stereocenters. The van der Waals surface area contributed by atoms with Gasteiger partial charge in [0.25, 0.3) is 0 Å². The minimum atomic E-state index is 0.526. The van der Waals surface area contributed by atoms with E-state index in [4.69, 9.17) is 4.42 Å². The zero-order chi connectivity index (χ0) is 12.2. The van der Waals surface area contributed by atoms with Gasteiger partial charge in [-0.25, -0.2) is 0 Å². The number of benzene rings is 1. The number of hydrogen-bond donors (Lipinski definition) is 0. The monoisotopic (exact) mass is 241 g/mol. The lowest BCUT2D eigenvalue weighted by molar-refractivity contribution is 0.140. The highest BCUT2D eigenvalue weighted by Gasteiger charge is 2.24. The van der Waals surface area contributed by atoms with Crippen molar-refractivity contribution in [1.82, 2.24) is 4.90 Å². The van der Waals surface area contributed by atoms with Gasteiger partial charge < -0.3 is 4.42 Å². The van der Waals surface area contributed by atoms with Gasteiger partial charge >= 0.3 is 0 Å². The maximum atomic E-state index is 5.24. The molecule has 2 nitrogen and oxygen atoms in total. The van der Waals surface area contributed by atoms with E-state index in [1.54, 1.807) is 6.26 Å². The van der Waals surface area contributed by atoms with Gasteiger partial charge in [0.2, 0.25) is 0 Å². The van der Waals surface area contributed by atoms with E-state index >= 15 is 0 Å². The Kier molecular flexibility index (Phi) is 3.47. The summed E-state index contributed by atoms with van der Waals surface area (Å²) in [6.45, 7) is 2.22. The molecule has 1 saturated heterocycles. The first-order valence-electron chi connectivity index (χ1n) is 6.73. The van der Waals surface area contributed by atoms with Crippen LogP contribution >= 0.6 is 0 Å². The van der Waals surface area contributed by atoms with Crippen molar-refractivity contribution >= 4 is 0 Å². The summed E-state index contributed by atoms with van der Waals surface area (Å²) in [5, 5.41) is 0. The Morgan fingerprint density at radius 1 is 1.11 bits per heavy atom. The second kappa shape index (κ2) is 5.40. The normalized spacial score (nSPS) is 21.0. The molecule has 0 N–H and O–H groups in total. The Morgan fingerprint density at radius 3 is 2.78 bits per heavy atom. The molecular weight excluding hydrogens is 222 g/mol. The van der Waals surface area contributed by atoms with Crippen molar-refractivity contribution in [2.75, 3.05) is 6.54 Å². The average Bonchev–Trinajstić information content (AvgIpc) is 2.94. The van der Waals surface area contributed by atoms with Crippen LogP contribution in [0.15, 0.2) is 53.3 Å². The summed E-state index contributed by atoms with van der Waals surface area (Å²) in [5.41, 5.74) is 2.72. The first-order valence-corrected chi connectivity index (χ1v) is 6.73. The number of rotatable bonds is 3. The zero-order valence-corrected chi connectivity index (χ0v) is 10.6. The molecule has 1 aliphatic heterocycles. The SMILES string of the molecule is c1ccc(CN2CCCC[C@@H]2c2ccoc2)cc1. The van der Waals surface area contributed by atoms with E-state index in [0.29, 0.717) is 6.04 Å². The lowest BCUT2D eigenvalue weighted by atomic mass is 9.96. The molecule has 1 aromatic heterocycles. The second-order valence-corrected chi connectivity index (χ2v) is 5.02. The predicted molar refractivity (Wildman–Crippen MR) is 72.2 cm³/mol. The molecule has 0 amide bonds. The molecule has 0 spiro atoms. The highest BCUT2D eigenvalue weighted by molar-refractivity contribution is 5.17. The molecule has 2 aromatic rings. The van der Waals surface area contributed by atoms with Crippen molar-refractivity contribution in [3.63, 3.8) is 0 Å². The summed E-state index contributed by atoms with van der Waals surface area (Å²) in [5.74, 6) is 0. The maximum Gasteiger partial charge on any atom is 0.0950 e. The van der Waals surface area contributed by atoms with E-state index < -0.39 is 0 Å². The molecule has 2 heterocycles. The summed E-state index contributed by atoms with van der Waals surface area (Å²) in [7, 11) is 0. The van der Waals surface area contributed by atoms with Crippen LogP contribution in [0.1, 0.15) is 36.4 Å². The highest BCUT2D eigenvalue weighted by atomic mass is 16.3. The third-order valence-electron chi connectivity index (χ3n) is 3.77. The molecule has 1 atom stereocenters. The number of likely N-dealkylation sites (tertiary alicyclic amines) is 1. The molecule has 18 heavy (non-hydrogen) atoms. The van der Waals surface area contributed by atoms with Crippen LogP contribution < -0.4 is 0 Å². The molecule has 0 bridgehead atoms.